The van der Waals surface area contributed by atoms with Gasteiger partial charge in [0.05, 0.1) is 12.0 Å². The van der Waals surface area contributed by atoms with Gasteiger partial charge in [0.15, 0.2) is 0 Å². The van der Waals surface area contributed by atoms with Crippen LogP contribution >= 0.6 is 0 Å². The van der Waals surface area contributed by atoms with Gasteiger partial charge >= 0.3 is 0 Å². The molecule has 1 amide bonds. The lowest BCUT2D eigenvalue weighted by atomic mass is 10.00. The minimum absolute atomic E-state index is 0.153. The predicted molar refractivity (Wildman–Crippen MR) is 92.5 cm³/mol. The molecule has 0 saturated carbocycles. The second-order valence-electron chi connectivity index (χ2n) is 6.17. The SMILES string of the molecule is CCc1cn(-c2ccc(/C=C3\CCCN(C)C3=O)cc2C)cn1. The first kappa shape index (κ1) is 15.5. The van der Waals surface area contributed by atoms with E-state index in [0.717, 1.165) is 48.3 Å². The minimum Gasteiger partial charge on any atom is -0.342 e. The lowest BCUT2D eigenvalue weighted by Gasteiger charge is -2.24. The lowest BCUT2D eigenvalue weighted by Crippen LogP contribution is -2.33. The molecule has 1 saturated heterocycles. The molecular formula is C19H23N3O. The third-order valence-corrected chi connectivity index (χ3v) is 4.40. The van der Waals surface area contributed by atoms with Crippen LogP contribution in [0.4, 0.5) is 0 Å². The number of aromatic nitrogens is 2. The van der Waals surface area contributed by atoms with Crippen LogP contribution in [0.5, 0.6) is 0 Å². The van der Waals surface area contributed by atoms with Crippen molar-refractivity contribution in [1.29, 1.82) is 0 Å². The zero-order chi connectivity index (χ0) is 16.4. The third kappa shape index (κ3) is 3.21. The van der Waals surface area contributed by atoms with Crippen molar-refractivity contribution in [1.82, 2.24) is 14.5 Å². The van der Waals surface area contributed by atoms with Crippen molar-refractivity contribution in [3.05, 3.63) is 53.1 Å². The molecule has 2 heterocycles. The molecule has 0 atom stereocenters. The second-order valence-corrected chi connectivity index (χ2v) is 6.17. The second kappa shape index (κ2) is 6.41. The summed E-state index contributed by atoms with van der Waals surface area (Å²) in [5.41, 5.74) is 5.39. The zero-order valence-electron chi connectivity index (χ0n) is 14.0. The summed E-state index contributed by atoms with van der Waals surface area (Å²) in [4.78, 5) is 18.4. The van der Waals surface area contributed by atoms with Gasteiger partial charge in [0.2, 0.25) is 5.91 Å². The highest BCUT2D eigenvalue weighted by molar-refractivity contribution is 5.98. The smallest absolute Gasteiger partial charge is 0.249 e. The number of likely N-dealkylation sites (tertiary alicyclic amines) is 1. The summed E-state index contributed by atoms with van der Waals surface area (Å²) in [7, 11) is 1.87. The highest BCUT2D eigenvalue weighted by Crippen LogP contribution is 2.22. The fraction of sp³-hybridized carbons (Fsp3) is 0.368. The Morgan fingerprint density at radius 2 is 2.17 bits per heavy atom. The van der Waals surface area contributed by atoms with Gasteiger partial charge in [-0.3, -0.25) is 4.79 Å². The number of benzene rings is 1. The van der Waals surface area contributed by atoms with E-state index in [-0.39, 0.29) is 5.91 Å². The Morgan fingerprint density at radius 1 is 1.35 bits per heavy atom. The number of carbonyl (C=O) groups excluding carboxylic acids is 1. The number of amides is 1. The van der Waals surface area contributed by atoms with Crippen molar-refractivity contribution in [2.24, 2.45) is 0 Å². The molecule has 1 fully saturated rings. The molecule has 4 heteroatoms. The average Bonchev–Trinajstić information content (AvgIpc) is 3.01. The minimum atomic E-state index is 0.153. The van der Waals surface area contributed by atoms with Gasteiger partial charge in [-0.1, -0.05) is 13.0 Å². The highest BCUT2D eigenvalue weighted by atomic mass is 16.2. The Morgan fingerprint density at radius 3 is 2.87 bits per heavy atom. The summed E-state index contributed by atoms with van der Waals surface area (Å²) < 4.78 is 2.06. The monoisotopic (exact) mass is 309 g/mol. The van der Waals surface area contributed by atoms with Crippen molar-refractivity contribution in [2.75, 3.05) is 13.6 Å². The Bertz CT molecular complexity index is 758. The van der Waals surface area contributed by atoms with Crippen LogP contribution in [-0.4, -0.2) is 34.0 Å². The van der Waals surface area contributed by atoms with Crippen molar-refractivity contribution in [3.8, 4) is 5.69 Å². The van der Waals surface area contributed by atoms with E-state index in [0.29, 0.717) is 0 Å². The summed E-state index contributed by atoms with van der Waals surface area (Å²) in [6.45, 7) is 5.05. The molecule has 3 rings (SSSR count). The molecule has 0 unspecified atom stereocenters. The van der Waals surface area contributed by atoms with Gasteiger partial charge in [0.25, 0.3) is 0 Å². The van der Waals surface area contributed by atoms with Gasteiger partial charge in [0, 0.05) is 31.0 Å². The molecule has 1 aromatic heterocycles. The molecule has 0 N–H and O–H groups in total. The van der Waals surface area contributed by atoms with Crippen LogP contribution in [0.1, 0.15) is 36.6 Å². The Kier molecular flexibility index (Phi) is 4.33. The van der Waals surface area contributed by atoms with Gasteiger partial charge < -0.3 is 9.47 Å². The van der Waals surface area contributed by atoms with Crippen LogP contribution in [-0.2, 0) is 11.2 Å². The van der Waals surface area contributed by atoms with E-state index in [1.807, 2.05) is 19.5 Å². The zero-order valence-corrected chi connectivity index (χ0v) is 14.0. The van der Waals surface area contributed by atoms with E-state index >= 15 is 0 Å². The van der Waals surface area contributed by atoms with E-state index in [4.69, 9.17) is 0 Å². The maximum atomic E-state index is 12.2. The van der Waals surface area contributed by atoms with Crippen LogP contribution in [0.2, 0.25) is 0 Å². The summed E-state index contributed by atoms with van der Waals surface area (Å²) >= 11 is 0. The molecule has 0 aliphatic carbocycles. The first-order valence-electron chi connectivity index (χ1n) is 8.18. The van der Waals surface area contributed by atoms with E-state index in [9.17, 15) is 4.79 Å². The highest BCUT2D eigenvalue weighted by Gasteiger charge is 2.19. The molecule has 1 aliphatic heterocycles. The van der Waals surface area contributed by atoms with Crippen molar-refractivity contribution in [3.63, 3.8) is 0 Å². The maximum Gasteiger partial charge on any atom is 0.249 e. The first-order valence-corrected chi connectivity index (χ1v) is 8.18. The number of piperidine rings is 1. The Balaban J connectivity index is 1.88. The number of likely N-dealkylation sites (N-methyl/N-ethyl adjacent to an activating group) is 1. The van der Waals surface area contributed by atoms with Gasteiger partial charge in [-0.25, -0.2) is 4.98 Å². The van der Waals surface area contributed by atoms with Gasteiger partial charge in [0.1, 0.15) is 0 Å². The van der Waals surface area contributed by atoms with E-state index in [1.165, 1.54) is 5.56 Å². The topological polar surface area (TPSA) is 38.1 Å². The number of aryl methyl sites for hydroxylation is 2. The number of rotatable bonds is 3. The quantitative estimate of drug-likeness (QED) is 0.815. The Hall–Kier alpha value is -2.36. The molecule has 4 nitrogen and oxygen atoms in total. The summed E-state index contributed by atoms with van der Waals surface area (Å²) in [5, 5.41) is 0. The fourth-order valence-electron chi connectivity index (χ4n) is 3.03. The molecule has 1 aromatic carbocycles. The molecule has 0 bridgehead atoms. The summed E-state index contributed by atoms with van der Waals surface area (Å²) in [5.74, 6) is 0.153. The predicted octanol–water partition coefficient (Wildman–Crippen LogP) is 3.38. The van der Waals surface area contributed by atoms with Crippen molar-refractivity contribution >= 4 is 12.0 Å². The number of hydrogen-bond donors (Lipinski definition) is 0. The summed E-state index contributed by atoms with van der Waals surface area (Å²) in [6.07, 6.45) is 8.80. The molecule has 23 heavy (non-hydrogen) atoms. The molecule has 120 valence electrons. The van der Waals surface area contributed by atoms with Crippen LogP contribution < -0.4 is 0 Å². The van der Waals surface area contributed by atoms with Crippen molar-refractivity contribution in [2.45, 2.75) is 33.1 Å². The third-order valence-electron chi connectivity index (χ3n) is 4.40. The molecular weight excluding hydrogens is 286 g/mol. The van der Waals surface area contributed by atoms with Crippen LogP contribution in [0, 0.1) is 6.92 Å². The first-order chi connectivity index (χ1) is 11.1. The molecule has 1 aliphatic rings. The Labute approximate surface area is 137 Å². The van der Waals surface area contributed by atoms with E-state index in [1.54, 1.807) is 4.90 Å². The van der Waals surface area contributed by atoms with Gasteiger partial charge in [-0.05, 0) is 55.5 Å². The largest absolute Gasteiger partial charge is 0.342 e. The number of carbonyl (C=O) groups is 1. The van der Waals surface area contributed by atoms with Gasteiger partial charge in [-0.2, -0.15) is 0 Å². The number of nitrogens with zero attached hydrogens (tertiary/aromatic N) is 3. The average molecular weight is 309 g/mol. The summed E-state index contributed by atoms with van der Waals surface area (Å²) in [6, 6.07) is 6.30. The van der Waals surface area contributed by atoms with Crippen LogP contribution in [0.25, 0.3) is 11.8 Å². The van der Waals surface area contributed by atoms with Crippen LogP contribution in [0.15, 0.2) is 36.3 Å². The van der Waals surface area contributed by atoms with Gasteiger partial charge in [-0.15, -0.1) is 0 Å². The molecule has 0 radical (unpaired) electrons. The van der Waals surface area contributed by atoms with E-state index in [2.05, 4.69) is 47.8 Å². The van der Waals surface area contributed by atoms with Crippen LogP contribution in [0.3, 0.4) is 0 Å². The fourth-order valence-corrected chi connectivity index (χ4v) is 3.03. The number of hydrogen-bond acceptors (Lipinski definition) is 2. The number of imidazole rings is 1. The normalized spacial score (nSPS) is 17.1. The molecule has 2 aromatic rings. The van der Waals surface area contributed by atoms with Crippen molar-refractivity contribution < 1.29 is 4.79 Å². The standard InChI is InChI=1S/C19H23N3O/c1-4-17-12-22(13-20-17)18-8-7-15(10-14(18)2)11-16-6-5-9-21(3)19(16)23/h7-8,10-13H,4-6,9H2,1-3H3/b16-11+. The van der Waals surface area contributed by atoms with E-state index < -0.39 is 0 Å². The molecule has 0 spiro atoms. The maximum absolute atomic E-state index is 12.2. The lowest BCUT2D eigenvalue weighted by molar-refractivity contribution is -0.127.